The van der Waals surface area contributed by atoms with Crippen molar-refractivity contribution in [2.75, 3.05) is 0 Å². The van der Waals surface area contributed by atoms with Gasteiger partial charge in [0.05, 0.1) is 0 Å². The fourth-order valence-corrected chi connectivity index (χ4v) is 2.95. The molecule has 0 aromatic heterocycles. The molecule has 0 aromatic rings. The molecule has 21 heavy (non-hydrogen) atoms. The highest BCUT2D eigenvalue weighted by atomic mass is 35.5. The summed E-state index contributed by atoms with van der Waals surface area (Å²) in [6.07, 6.45) is 22.3. The van der Waals surface area contributed by atoms with Crippen LogP contribution in [0.4, 0.5) is 0 Å². The maximum atomic E-state index is 10.6. The number of hydrogen-bond donors (Lipinski definition) is 0. The summed E-state index contributed by atoms with van der Waals surface area (Å²) in [7, 11) is 0. The van der Waals surface area contributed by atoms with Gasteiger partial charge in [0.1, 0.15) is 0 Å². The van der Waals surface area contributed by atoms with E-state index in [4.69, 9.17) is 11.6 Å². The Labute approximate surface area is 138 Å². The highest BCUT2D eigenvalue weighted by Crippen LogP contribution is 2.14. The maximum Gasteiger partial charge on any atom is 0.221 e. The van der Waals surface area contributed by atoms with Crippen molar-refractivity contribution in [2.24, 2.45) is 0 Å². The second kappa shape index (κ2) is 18.0. The third-order valence-electron chi connectivity index (χ3n) is 4.23. The van der Waals surface area contributed by atoms with E-state index in [1.54, 1.807) is 0 Å². The van der Waals surface area contributed by atoms with Crippen LogP contribution in [-0.4, -0.2) is 5.24 Å². The van der Waals surface area contributed by atoms with E-state index in [-0.39, 0.29) is 5.24 Å². The Hall–Kier alpha value is -0.0400. The molecular formula is C19H37ClO. The van der Waals surface area contributed by atoms with Crippen molar-refractivity contribution >= 4 is 16.8 Å². The number of carbonyl (C=O) groups excluding carboxylic acids is 1. The Morgan fingerprint density at radius 3 is 1.14 bits per heavy atom. The first-order valence-corrected chi connectivity index (χ1v) is 9.83. The molecule has 0 aliphatic rings. The molecule has 0 saturated carbocycles. The van der Waals surface area contributed by atoms with Gasteiger partial charge >= 0.3 is 0 Å². The van der Waals surface area contributed by atoms with E-state index >= 15 is 0 Å². The first kappa shape index (κ1) is 21.0. The molecule has 0 radical (unpaired) electrons. The van der Waals surface area contributed by atoms with Crippen molar-refractivity contribution in [1.82, 2.24) is 0 Å². The zero-order valence-corrected chi connectivity index (χ0v) is 15.1. The summed E-state index contributed by atoms with van der Waals surface area (Å²) in [6, 6.07) is 0. The van der Waals surface area contributed by atoms with Crippen LogP contribution in [0.25, 0.3) is 0 Å². The first-order chi connectivity index (χ1) is 10.3. The van der Waals surface area contributed by atoms with Gasteiger partial charge in [0.2, 0.25) is 5.24 Å². The Balaban J connectivity index is 2.95. The second-order valence-electron chi connectivity index (χ2n) is 6.41. The van der Waals surface area contributed by atoms with Crippen molar-refractivity contribution in [1.29, 1.82) is 0 Å². The zero-order chi connectivity index (χ0) is 15.6. The van der Waals surface area contributed by atoms with E-state index in [2.05, 4.69) is 6.92 Å². The fraction of sp³-hybridized carbons (Fsp3) is 0.947. The molecule has 0 N–H and O–H groups in total. The lowest BCUT2D eigenvalue weighted by molar-refractivity contribution is -0.111. The molecule has 0 unspecified atom stereocenters. The third kappa shape index (κ3) is 20.0. The number of rotatable bonds is 17. The second-order valence-corrected chi connectivity index (χ2v) is 6.83. The van der Waals surface area contributed by atoms with Gasteiger partial charge in [0.25, 0.3) is 0 Å². The first-order valence-electron chi connectivity index (χ1n) is 9.45. The van der Waals surface area contributed by atoms with Gasteiger partial charge in [-0.3, -0.25) is 4.79 Å². The van der Waals surface area contributed by atoms with Crippen molar-refractivity contribution in [3.8, 4) is 0 Å². The summed E-state index contributed by atoms with van der Waals surface area (Å²) in [5.74, 6) is 0. The summed E-state index contributed by atoms with van der Waals surface area (Å²) in [5, 5.41) is -0.180. The molecule has 0 bridgehead atoms. The highest BCUT2D eigenvalue weighted by Gasteiger charge is 1.96. The minimum Gasteiger partial charge on any atom is -0.281 e. The molecular weight excluding hydrogens is 280 g/mol. The molecule has 0 rings (SSSR count). The van der Waals surface area contributed by atoms with Gasteiger partial charge < -0.3 is 0 Å². The van der Waals surface area contributed by atoms with Crippen molar-refractivity contribution < 1.29 is 4.79 Å². The zero-order valence-electron chi connectivity index (χ0n) is 14.3. The lowest BCUT2D eigenvalue weighted by Crippen LogP contribution is -1.86. The molecule has 0 aromatic carbocycles. The van der Waals surface area contributed by atoms with E-state index in [1.165, 1.54) is 89.9 Å². The summed E-state index contributed by atoms with van der Waals surface area (Å²) in [6.45, 7) is 2.28. The van der Waals surface area contributed by atoms with Crippen LogP contribution in [0.15, 0.2) is 0 Å². The molecule has 0 spiro atoms. The number of hydrogen-bond acceptors (Lipinski definition) is 1. The Morgan fingerprint density at radius 1 is 0.571 bits per heavy atom. The standard InChI is InChI=1S/C19H37ClO/c1-2-3-4-5-6-7-8-9-10-11-12-13-14-15-16-17-18-19(20)21/h2-18H2,1H3. The van der Waals surface area contributed by atoms with Gasteiger partial charge in [-0.15, -0.1) is 0 Å². The van der Waals surface area contributed by atoms with Gasteiger partial charge in [-0.1, -0.05) is 103 Å². The SMILES string of the molecule is CCCCCCCCCCCCCCCCCCC(=O)Cl. The van der Waals surface area contributed by atoms with Crippen molar-refractivity contribution in [3.63, 3.8) is 0 Å². The average molecular weight is 317 g/mol. The molecule has 126 valence electrons. The third-order valence-corrected chi connectivity index (χ3v) is 4.42. The quantitative estimate of drug-likeness (QED) is 0.202. The van der Waals surface area contributed by atoms with E-state index in [1.807, 2.05) is 0 Å². The van der Waals surface area contributed by atoms with Gasteiger partial charge in [0, 0.05) is 6.42 Å². The van der Waals surface area contributed by atoms with Crippen LogP contribution in [0.1, 0.15) is 116 Å². The van der Waals surface area contributed by atoms with Crippen LogP contribution in [0.5, 0.6) is 0 Å². The molecule has 0 aliphatic heterocycles. The van der Waals surface area contributed by atoms with Crippen LogP contribution in [0.2, 0.25) is 0 Å². The Morgan fingerprint density at radius 2 is 0.857 bits per heavy atom. The topological polar surface area (TPSA) is 17.1 Å². The smallest absolute Gasteiger partial charge is 0.221 e. The number of halogens is 1. The summed E-state index contributed by atoms with van der Waals surface area (Å²) in [4.78, 5) is 10.6. The van der Waals surface area contributed by atoms with E-state index in [9.17, 15) is 4.79 Å². The monoisotopic (exact) mass is 316 g/mol. The van der Waals surface area contributed by atoms with Gasteiger partial charge in [-0.2, -0.15) is 0 Å². The van der Waals surface area contributed by atoms with E-state index in [0.29, 0.717) is 6.42 Å². The Kier molecular flexibility index (Phi) is 18.0. The van der Waals surface area contributed by atoms with Crippen LogP contribution in [-0.2, 0) is 4.79 Å². The van der Waals surface area contributed by atoms with E-state index in [0.717, 1.165) is 12.8 Å². The van der Waals surface area contributed by atoms with Gasteiger partial charge in [-0.05, 0) is 18.0 Å². The van der Waals surface area contributed by atoms with Crippen molar-refractivity contribution in [2.45, 2.75) is 116 Å². The largest absolute Gasteiger partial charge is 0.281 e. The predicted octanol–water partition coefficient (Wildman–Crippen LogP) is 7.40. The number of carbonyl (C=O) groups is 1. The maximum absolute atomic E-state index is 10.6. The minimum atomic E-state index is -0.180. The molecule has 0 atom stereocenters. The van der Waals surface area contributed by atoms with Crippen LogP contribution in [0, 0.1) is 0 Å². The van der Waals surface area contributed by atoms with Crippen molar-refractivity contribution in [3.05, 3.63) is 0 Å². The van der Waals surface area contributed by atoms with Gasteiger partial charge in [-0.25, -0.2) is 0 Å². The van der Waals surface area contributed by atoms with Crippen LogP contribution >= 0.6 is 11.6 Å². The molecule has 0 heterocycles. The summed E-state index contributed by atoms with van der Waals surface area (Å²) in [5.41, 5.74) is 0. The Bertz CT molecular complexity index is 216. The highest BCUT2D eigenvalue weighted by molar-refractivity contribution is 6.63. The molecule has 2 heteroatoms. The molecule has 0 amide bonds. The normalized spacial score (nSPS) is 11.0. The lowest BCUT2D eigenvalue weighted by Gasteiger charge is -2.03. The molecule has 0 saturated heterocycles. The molecule has 1 nitrogen and oxygen atoms in total. The number of unbranched alkanes of at least 4 members (excludes halogenated alkanes) is 15. The fourth-order valence-electron chi connectivity index (χ4n) is 2.81. The summed E-state index contributed by atoms with van der Waals surface area (Å²) >= 11 is 5.30. The molecule has 0 aliphatic carbocycles. The summed E-state index contributed by atoms with van der Waals surface area (Å²) < 4.78 is 0. The predicted molar refractivity (Wildman–Crippen MR) is 95.0 cm³/mol. The van der Waals surface area contributed by atoms with Crippen LogP contribution in [0.3, 0.4) is 0 Å². The van der Waals surface area contributed by atoms with Gasteiger partial charge in [0.15, 0.2) is 0 Å². The minimum absolute atomic E-state index is 0.180. The lowest BCUT2D eigenvalue weighted by atomic mass is 10.0. The van der Waals surface area contributed by atoms with E-state index < -0.39 is 0 Å². The average Bonchev–Trinajstić information content (AvgIpc) is 2.46. The molecule has 0 fully saturated rings. The van der Waals surface area contributed by atoms with Crippen LogP contribution < -0.4 is 0 Å².